The standard InChI is InChI=1S/C17H35N3O2.HI/c1-4-6-15(9-11-21)13-19-17(18-5-2)20(3)10-12-22-14-16-7-8-16;/h15-16,21H,4-14H2,1-3H3,(H,18,19);1H. The maximum Gasteiger partial charge on any atom is 0.193 e. The number of halogens is 1. The van der Waals surface area contributed by atoms with Crippen LogP contribution < -0.4 is 5.32 Å². The van der Waals surface area contributed by atoms with E-state index in [0.717, 1.165) is 64.0 Å². The Morgan fingerprint density at radius 3 is 2.65 bits per heavy atom. The van der Waals surface area contributed by atoms with E-state index in [4.69, 9.17) is 14.8 Å². The summed E-state index contributed by atoms with van der Waals surface area (Å²) >= 11 is 0. The molecular weight excluding hydrogens is 405 g/mol. The van der Waals surface area contributed by atoms with Crippen molar-refractivity contribution < 1.29 is 9.84 Å². The molecule has 5 nitrogen and oxygen atoms in total. The summed E-state index contributed by atoms with van der Waals surface area (Å²) in [5, 5.41) is 12.5. The van der Waals surface area contributed by atoms with Crippen molar-refractivity contribution in [2.24, 2.45) is 16.8 Å². The third kappa shape index (κ3) is 11.2. The first-order valence-electron chi connectivity index (χ1n) is 8.89. The van der Waals surface area contributed by atoms with Crippen molar-refractivity contribution in [2.75, 3.05) is 46.5 Å². The third-order valence-electron chi connectivity index (χ3n) is 4.05. The molecule has 1 saturated carbocycles. The van der Waals surface area contributed by atoms with Gasteiger partial charge in [-0.3, -0.25) is 4.99 Å². The summed E-state index contributed by atoms with van der Waals surface area (Å²) in [6, 6.07) is 0. The van der Waals surface area contributed by atoms with Crippen LogP contribution in [0.5, 0.6) is 0 Å². The molecule has 0 heterocycles. The van der Waals surface area contributed by atoms with Gasteiger partial charge in [0.05, 0.1) is 6.61 Å². The van der Waals surface area contributed by atoms with Crippen molar-refractivity contribution >= 4 is 29.9 Å². The molecule has 1 atom stereocenters. The average Bonchev–Trinajstić information content (AvgIpc) is 3.32. The Hall–Kier alpha value is -0.0800. The van der Waals surface area contributed by atoms with E-state index in [1.54, 1.807) is 0 Å². The van der Waals surface area contributed by atoms with Crippen molar-refractivity contribution in [3.8, 4) is 0 Å². The fourth-order valence-corrected chi connectivity index (χ4v) is 2.44. The number of hydrogen-bond acceptors (Lipinski definition) is 3. The van der Waals surface area contributed by atoms with Crippen LogP contribution in [-0.2, 0) is 4.74 Å². The van der Waals surface area contributed by atoms with Crippen LogP contribution in [0.3, 0.4) is 0 Å². The van der Waals surface area contributed by atoms with Gasteiger partial charge in [-0.1, -0.05) is 13.3 Å². The Labute approximate surface area is 159 Å². The van der Waals surface area contributed by atoms with Gasteiger partial charge < -0.3 is 20.1 Å². The average molecular weight is 441 g/mol. The first-order valence-corrected chi connectivity index (χ1v) is 8.89. The first-order chi connectivity index (χ1) is 10.7. The van der Waals surface area contributed by atoms with Crippen LogP contribution in [0.4, 0.5) is 0 Å². The highest BCUT2D eigenvalue weighted by Crippen LogP contribution is 2.28. The van der Waals surface area contributed by atoms with E-state index in [-0.39, 0.29) is 30.6 Å². The lowest BCUT2D eigenvalue weighted by atomic mass is 10.0. The molecule has 0 radical (unpaired) electrons. The first kappa shape index (κ1) is 22.9. The molecule has 138 valence electrons. The van der Waals surface area contributed by atoms with Gasteiger partial charge in [0.15, 0.2) is 5.96 Å². The molecule has 1 unspecified atom stereocenters. The van der Waals surface area contributed by atoms with Gasteiger partial charge in [0.1, 0.15) is 0 Å². The van der Waals surface area contributed by atoms with Crippen LogP contribution in [-0.4, -0.2) is 62.5 Å². The molecule has 0 spiro atoms. The highest BCUT2D eigenvalue weighted by Gasteiger charge is 2.21. The van der Waals surface area contributed by atoms with E-state index >= 15 is 0 Å². The van der Waals surface area contributed by atoms with Crippen LogP contribution in [0.2, 0.25) is 0 Å². The quantitative estimate of drug-likeness (QED) is 0.212. The lowest BCUT2D eigenvalue weighted by Crippen LogP contribution is -2.41. The molecule has 0 saturated heterocycles. The topological polar surface area (TPSA) is 57.1 Å². The molecule has 0 bridgehead atoms. The summed E-state index contributed by atoms with van der Waals surface area (Å²) in [4.78, 5) is 6.88. The number of aliphatic imine (C=N–C) groups is 1. The molecular formula is C17H36IN3O2. The number of guanidine groups is 1. The maximum atomic E-state index is 9.14. The van der Waals surface area contributed by atoms with Crippen LogP contribution in [0.15, 0.2) is 4.99 Å². The Balaban J connectivity index is 0.00000484. The molecule has 0 aromatic heterocycles. The van der Waals surface area contributed by atoms with Crippen LogP contribution >= 0.6 is 24.0 Å². The molecule has 1 fully saturated rings. The summed E-state index contributed by atoms with van der Waals surface area (Å²) in [5.74, 6) is 2.24. The van der Waals surface area contributed by atoms with Gasteiger partial charge in [0, 0.05) is 39.9 Å². The Morgan fingerprint density at radius 2 is 2.09 bits per heavy atom. The summed E-state index contributed by atoms with van der Waals surface area (Å²) in [5.41, 5.74) is 0. The predicted molar refractivity (Wildman–Crippen MR) is 108 cm³/mol. The second-order valence-corrected chi connectivity index (χ2v) is 6.30. The zero-order chi connectivity index (χ0) is 16.2. The van der Waals surface area contributed by atoms with Crippen molar-refractivity contribution in [1.82, 2.24) is 10.2 Å². The molecule has 23 heavy (non-hydrogen) atoms. The van der Waals surface area contributed by atoms with Gasteiger partial charge in [-0.05, 0) is 44.4 Å². The number of nitrogens with one attached hydrogen (secondary N) is 1. The predicted octanol–water partition coefficient (Wildman–Crippen LogP) is 2.73. The Morgan fingerprint density at radius 1 is 1.35 bits per heavy atom. The SMILES string of the molecule is CCCC(CCO)CN=C(NCC)N(C)CCOCC1CC1.I. The fraction of sp³-hybridized carbons (Fsp3) is 0.941. The van der Waals surface area contributed by atoms with Crippen LogP contribution in [0.1, 0.15) is 46.0 Å². The third-order valence-corrected chi connectivity index (χ3v) is 4.05. The summed E-state index contributed by atoms with van der Waals surface area (Å²) < 4.78 is 5.70. The normalized spacial score (nSPS) is 15.9. The molecule has 0 aromatic rings. The van der Waals surface area contributed by atoms with Crippen molar-refractivity contribution in [3.05, 3.63) is 0 Å². The molecule has 1 aliphatic carbocycles. The molecule has 1 rings (SSSR count). The molecule has 0 aliphatic heterocycles. The van der Waals surface area contributed by atoms with Gasteiger partial charge >= 0.3 is 0 Å². The van der Waals surface area contributed by atoms with Gasteiger partial charge in [-0.15, -0.1) is 24.0 Å². The minimum absolute atomic E-state index is 0. The highest BCUT2D eigenvalue weighted by atomic mass is 127. The van der Waals surface area contributed by atoms with Gasteiger partial charge in [0.25, 0.3) is 0 Å². The number of hydrogen-bond donors (Lipinski definition) is 2. The zero-order valence-corrected chi connectivity index (χ0v) is 17.4. The minimum atomic E-state index is 0. The summed E-state index contributed by atoms with van der Waals surface area (Å²) in [6.45, 7) is 8.70. The van der Waals surface area contributed by atoms with E-state index in [9.17, 15) is 0 Å². The Bertz CT molecular complexity index is 306. The van der Waals surface area contributed by atoms with Gasteiger partial charge in [-0.25, -0.2) is 0 Å². The molecule has 6 heteroatoms. The number of rotatable bonds is 12. The van der Waals surface area contributed by atoms with Crippen molar-refractivity contribution in [2.45, 2.75) is 46.0 Å². The molecule has 0 aromatic carbocycles. The largest absolute Gasteiger partial charge is 0.396 e. The highest BCUT2D eigenvalue weighted by molar-refractivity contribution is 14.0. The Kier molecular flexibility index (Phi) is 14.2. The van der Waals surface area contributed by atoms with Crippen molar-refractivity contribution in [3.63, 3.8) is 0 Å². The lowest BCUT2D eigenvalue weighted by molar-refractivity contribution is 0.115. The van der Waals surface area contributed by atoms with E-state index < -0.39 is 0 Å². The lowest BCUT2D eigenvalue weighted by Gasteiger charge is -2.23. The summed E-state index contributed by atoms with van der Waals surface area (Å²) in [7, 11) is 2.06. The number of aliphatic hydroxyl groups is 1. The second-order valence-electron chi connectivity index (χ2n) is 6.30. The summed E-state index contributed by atoms with van der Waals surface area (Å²) in [6.07, 6.45) is 5.78. The number of likely N-dealkylation sites (N-methyl/N-ethyl adjacent to an activating group) is 1. The molecule has 0 amide bonds. The fourth-order valence-electron chi connectivity index (χ4n) is 2.44. The van der Waals surface area contributed by atoms with Gasteiger partial charge in [-0.2, -0.15) is 0 Å². The zero-order valence-electron chi connectivity index (χ0n) is 15.1. The van der Waals surface area contributed by atoms with E-state index in [1.807, 2.05) is 0 Å². The van der Waals surface area contributed by atoms with E-state index in [2.05, 4.69) is 31.1 Å². The molecule has 1 aliphatic rings. The number of aliphatic hydroxyl groups excluding tert-OH is 1. The number of nitrogens with zero attached hydrogens (tertiary/aromatic N) is 2. The van der Waals surface area contributed by atoms with Crippen LogP contribution in [0.25, 0.3) is 0 Å². The smallest absolute Gasteiger partial charge is 0.193 e. The maximum absolute atomic E-state index is 9.14. The van der Waals surface area contributed by atoms with E-state index in [0.29, 0.717) is 5.92 Å². The second kappa shape index (κ2) is 14.3. The number of ether oxygens (including phenoxy) is 1. The molecule has 2 N–H and O–H groups in total. The van der Waals surface area contributed by atoms with Gasteiger partial charge in [0.2, 0.25) is 0 Å². The van der Waals surface area contributed by atoms with E-state index in [1.165, 1.54) is 12.8 Å². The monoisotopic (exact) mass is 441 g/mol. The minimum Gasteiger partial charge on any atom is -0.396 e. The van der Waals surface area contributed by atoms with Crippen LogP contribution in [0, 0.1) is 11.8 Å². The van der Waals surface area contributed by atoms with Crippen molar-refractivity contribution in [1.29, 1.82) is 0 Å².